The molecule has 0 aliphatic heterocycles. The predicted octanol–water partition coefficient (Wildman–Crippen LogP) is 6.55. The minimum atomic E-state index is -3.82. The lowest BCUT2D eigenvalue weighted by atomic mass is 10.1. The first-order valence-corrected chi connectivity index (χ1v) is 35.2. The number of anilines is 3. The van der Waals surface area contributed by atoms with E-state index in [4.69, 9.17) is 66.3 Å². The lowest BCUT2D eigenvalue weighted by Crippen LogP contribution is -2.33. The van der Waals surface area contributed by atoms with E-state index in [1.807, 2.05) is 6.92 Å². The van der Waals surface area contributed by atoms with Crippen LogP contribution in [-0.4, -0.2) is 250 Å². The number of benzene rings is 3. The van der Waals surface area contributed by atoms with Gasteiger partial charge in [0.2, 0.25) is 0 Å². The number of hydrogen-bond donors (Lipinski definition) is 12. The van der Waals surface area contributed by atoms with E-state index >= 15 is 0 Å². The summed E-state index contributed by atoms with van der Waals surface area (Å²) in [6.07, 6.45) is -37.8. The highest BCUT2D eigenvalue weighted by molar-refractivity contribution is 7.99. The van der Waals surface area contributed by atoms with Crippen molar-refractivity contribution in [3.05, 3.63) is 105 Å². The number of thioether (sulfide) groups is 3. The van der Waals surface area contributed by atoms with Gasteiger partial charge < -0.3 is 76.1 Å². The van der Waals surface area contributed by atoms with Crippen LogP contribution in [0.25, 0.3) is 33.5 Å². The zero-order valence-electron chi connectivity index (χ0n) is 95.2. The molecule has 0 bridgehead atoms. The number of rotatable bonds is 30. The van der Waals surface area contributed by atoms with Gasteiger partial charge in [0.25, 0.3) is 0 Å². The summed E-state index contributed by atoms with van der Waals surface area (Å²) < 4.78 is 376. The summed E-state index contributed by atoms with van der Waals surface area (Å²) >= 11 is 1.44. The van der Waals surface area contributed by atoms with Crippen molar-refractivity contribution in [2.45, 2.75) is 223 Å². The average molecular weight is 1590 g/mol. The number of fused-ring (bicyclic) bond motifs is 3. The molecule has 12 N–H and O–H groups in total. The SMILES string of the molecule is [2H]c1c([2H])c([C@@H]2C[C@H]2Nc2nc(SCCC)nc3c2nnn3[C@]2([2H])C([2H])([2H])[C@]([2H])(OCCO)[C@@]([2H])(O)[C@@]2([2H])O)c([2H])c(F)c1C.[2H]c1c([2H])c([C@]2([2H])C([2H])([2H])[C@@]2([2H])Nc2nc(SC([2H])([2H])C([2H])([2H])C)nc3c2nnn3[C@@H]2C[C@H](OC([2H])([2H])C([2H])([2H])O)[C@@H](O)[C@H]2O)c([2H])c(F)c1C.[2H]c1c([2H])c([C@]2([2H])C([2H])([2H])[C@@]2([2H])Nc2nc(SC([2H])([2H])C([2H])([2H])C)nc3c2nnn3[C@@H]2C[C@]([2H])(OC([2H])([2H])CO)[C@@H](O)[C@H]2O)c([2H])c(F)c1C. The highest BCUT2D eigenvalue weighted by atomic mass is 32.2. The molecule has 0 spiro atoms. The van der Waals surface area contributed by atoms with Crippen LogP contribution in [0.4, 0.5) is 30.6 Å². The van der Waals surface area contributed by atoms with Crippen LogP contribution in [0, 0.1) is 38.2 Å². The zero-order valence-corrected chi connectivity index (χ0v) is 59.6. The zero-order chi connectivity index (χ0) is 110. The molecule has 30 nitrogen and oxygen atoms in total. The van der Waals surface area contributed by atoms with Crippen molar-refractivity contribution >= 4 is 86.2 Å². The van der Waals surface area contributed by atoms with Crippen molar-refractivity contribution in [3.8, 4) is 0 Å². The number of aliphatic hydroxyl groups is 9. The number of hydrogen-bond acceptors (Lipinski definition) is 30. The van der Waals surface area contributed by atoms with Crippen molar-refractivity contribution < 1.29 is 125 Å². The summed E-state index contributed by atoms with van der Waals surface area (Å²) in [4.78, 5) is 25.3. The molecule has 0 unspecified atom stereocenters. The van der Waals surface area contributed by atoms with E-state index in [9.17, 15) is 59.1 Å². The topological polar surface area (TPSA) is 415 Å². The molecule has 3 aromatic carbocycles. The molecule has 6 heterocycles. The first-order valence-electron chi connectivity index (χ1n) is 51.6. The molecule has 0 amide bonds. The van der Waals surface area contributed by atoms with Gasteiger partial charge in [0.1, 0.15) is 54.0 Å². The Bertz CT molecular complexity index is 6570. The van der Waals surface area contributed by atoms with E-state index in [0.717, 1.165) is 48.8 Å². The molecule has 0 saturated heterocycles. The van der Waals surface area contributed by atoms with E-state index in [0.29, 0.717) is 23.3 Å². The normalized spacial score (nSPS) is 41.2. The maximum Gasteiger partial charge on any atom is 0.191 e. The third kappa shape index (κ3) is 17.5. The second-order valence-electron chi connectivity index (χ2n) is 23.9. The molecule has 582 valence electrons. The van der Waals surface area contributed by atoms with Gasteiger partial charge in [0, 0.05) is 94.1 Å². The Labute approximate surface area is 686 Å². The molecule has 6 aliphatic rings. The molecule has 6 saturated carbocycles. The van der Waals surface area contributed by atoms with E-state index in [2.05, 4.69) is 76.8 Å². The van der Waals surface area contributed by atoms with Crippen LogP contribution in [0.15, 0.2) is 69.9 Å². The molecule has 6 aromatic heterocycles. The Hall–Kier alpha value is -7.14. The Morgan fingerprint density at radius 1 is 0.546 bits per heavy atom. The predicted molar refractivity (Wildman–Crippen MR) is 398 cm³/mol. The van der Waals surface area contributed by atoms with E-state index in [1.165, 1.54) is 6.92 Å². The Balaban J connectivity index is 0.000000184. The van der Waals surface area contributed by atoms with Gasteiger partial charge in [-0.25, -0.2) is 57.1 Å². The van der Waals surface area contributed by atoms with Gasteiger partial charge in [-0.2, -0.15) is 0 Å². The summed E-state index contributed by atoms with van der Waals surface area (Å²) in [7, 11) is 0. The van der Waals surface area contributed by atoms with Crippen LogP contribution >= 0.6 is 35.3 Å². The van der Waals surface area contributed by atoms with E-state index < -0.39 is 336 Å². The molecule has 6 fully saturated rings. The number of aromatic nitrogens is 15. The minimum absolute atomic E-state index is 0.000393. The number of halogens is 3. The summed E-state index contributed by atoms with van der Waals surface area (Å²) in [6.45, 7) is -5.11. The monoisotopic (exact) mass is 1590 g/mol. The fourth-order valence-corrected chi connectivity index (χ4v) is 12.7. The molecule has 108 heavy (non-hydrogen) atoms. The lowest BCUT2D eigenvalue weighted by molar-refractivity contribution is -0.0629. The van der Waals surface area contributed by atoms with Crippen LogP contribution in [0.3, 0.4) is 0 Å². The summed E-state index contributed by atoms with van der Waals surface area (Å²) in [5.74, 6) is -10.6. The maximum atomic E-state index is 14.9. The van der Waals surface area contributed by atoms with E-state index in [1.54, 1.807) is 0 Å². The molecular formula is C72H93F3N18O12S3. The average Bonchev–Trinajstić information content (AvgIpc) is 1.48. The van der Waals surface area contributed by atoms with Crippen LogP contribution < -0.4 is 16.0 Å². The van der Waals surface area contributed by atoms with Gasteiger partial charge in [-0.15, -0.1) is 15.3 Å². The molecule has 9 aromatic rings. The van der Waals surface area contributed by atoms with Crippen molar-refractivity contribution in [3.63, 3.8) is 0 Å². The van der Waals surface area contributed by atoms with Crippen molar-refractivity contribution in [2.75, 3.05) is 72.6 Å². The third-order valence-electron chi connectivity index (χ3n) is 16.6. The number of nitrogens with zero attached hydrogens (tertiary/aromatic N) is 15. The third-order valence-corrected chi connectivity index (χ3v) is 19.0. The minimum Gasteiger partial charge on any atom is -0.394 e. The van der Waals surface area contributed by atoms with Crippen LogP contribution in [-0.2, 0) is 14.2 Å². The second-order valence-corrected chi connectivity index (χ2v) is 26.5. The van der Waals surface area contributed by atoms with Crippen molar-refractivity contribution in [1.29, 1.82) is 0 Å². The summed E-state index contributed by atoms with van der Waals surface area (Å²) in [5.41, 5.74) is -10.4. The number of nitrogens with one attached hydrogen (secondary N) is 3. The largest absolute Gasteiger partial charge is 0.394 e. The number of aliphatic hydroxyl groups excluding tert-OH is 6. The summed E-state index contributed by atoms with van der Waals surface area (Å²) in [6, 6.07) is -19.1. The van der Waals surface area contributed by atoms with Crippen LogP contribution in [0.1, 0.15) is 200 Å². The first-order chi connectivity index (χ1) is 66.4. The molecular weight excluding hydrogens is 1460 g/mol. The highest BCUT2D eigenvalue weighted by Gasteiger charge is 2.49. The standard InChI is InChI=1S/3C24H31FN6O4S/c3*1-3-8-36-24-27-22(26-16-10-14(16)13-5-4-12(2)15(25)9-13)19-23(28-24)31(30-29-19)17-11-18(35-7-6-32)21(34)20(17)33/h3*4-5,9,14,16-18,20-21,32-34H,3,6-8,10-11H2,1-2H3,(H,26,27,28)/t3*14-,16+,17+,18-,20-,21+/m000/s1/i3D2,4D,5D,7D2,8D2,9D,10D2,14D,16D,18D;3D2,4D,5D,6D2,7D2,8D2,9D,10D2,14D,16D;4D,5D,9D,11D2,17D,18D,20D,21D. The van der Waals surface area contributed by atoms with Crippen LogP contribution in [0.2, 0.25) is 0 Å². The maximum absolute atomic E-state index is 14.9. The van der Waals surface area contributed by atoms with Gasteiger partial charge in [-0.1, -0.05) is 108 Å². The molecule has 6 aliphatic carbocycles. The van der Waals surface area contributed by atoms with Crippen molar-refractivity contribution in [2.24, 2.45) is 0 Å². The van der Waals surface area contributed by atoms with Crippen molar-refractivity contribution in [1.82, 2.24) is 74.9 Å². The lowest BCUT2D eigenvalue weighted by Gasteiger charge is -2.17. The Kier molecular flexibility index (Phi) is 14.3. The van der Waals surface area contributed by atoms with Gasteiger partial charge >= 0.3 is 0 Å². The first kappa shape index (κ1) is 44.2. The van der Waals surface area contributed by atoms with Gasteiger partial charge in [-0.05, 0) is 111 Å². The summed E-state index contributed by atoms with van der Waals surface area (Å²) in [5, 5.41) is 123. The molecule has 15 rings (SSSR count). The molecule has 18 atom stereocenters. The van der Waals surface area contributed by atoms with Crippen LogP contribution in [0.5, 0.6) is 0 Å². The van der Waals surface area contributed by atoms with Gasteiger partial charge in [0.05, 0.1) is 106 Å². The Morgan fingerprint density at radius 2 is 1.04 bits per heavy atom. The van der Waals surface area contributed by atoms with E-state index in [-0.39, 0.29) is 63.2 Å². The number of ether oxygens (including phenoxy) is 3. The molecule has 0 radical (unpaired) electrons. The van der Waals surface area contributed by atoms with Gasteiger partial charge in [-0.3, -0.25) is 0 Å². The second kappa shape index (κ2) is 35.1. The smallest absolute Gasteiger partial charge is 0.191 e. The molecule has 36 heteroatoms. The fraction of sp³-hybridized carbons (Fsp3) is 0.583. The quantitative estimate of drug-likeness (QED) is 0.0168. The Morgan fingerprint density at radius 3 is 1.56 bits per heavy atom. The highest BCUT2D eigenvalue weighted by Crippen LogP contribution is 2.48. The fourth-order valence-electron chi connectivity index (χ4n) is 11.0. The van der Waals surface area contributed by atoms with Gasteiger partial charge in [0.15, 0.2) is 66.4 Å².